The lowest BCUT2D eigenvalue weighted by atomic mass is 10.3. The van der Waals surface area contributed by atoms with Gasteiger partial charge in [0.05, 0.1) is 11.4 Å². The van der Waals surface area contributed by atoms with Gasteiger partial charge in [0.25, 0.3) is 0 Å². The Hall–Kier alpha value is -1.52. The van der Waals surface area contributed by atoms with Crippen LogP contribution in [0.3, 0.4) is 0 Å². The predicted octanol–water partition coefficient (Wildman–Crippen LogP) is 3.46. The Morgan fingerprint density at radius 1 is 1.13 bits per heavy atom. The summed E-state index contributed by atoms with van der Waals surface area (Å²) >= 11 is 9.07. The second-order valence-corrected chi connectivity index (χ2v) is 7.50. The van der Waals surface area contributed by atoms with Crippen LogP contribution in [0.4, 0.5) is 0 Å². The largest absolute Gasteiger partial charge is 0.481 e. The zero-order chi connectivity index (χ0) is 16.7. The van der Waals surface area contributed by atoms with E-state index in [0.717, 1.165) is 4.47 Å². The SMILES string of the molecule is O=S(=O)(NCC#CCOc1cccc(Br)c1)c1ccc(Cl)cc1. The van der Waals surface area contributed by atoms with Crippen molar-refractivity contribution in [3.05, 3.63) is 58.0 Å². The van der Waals surface area contributed by atoms with Crippen LogP contribution in [0.15, 0.2) is 57.9 Å². The van der Waals surface area contributed by atoms with Crippen LogP contribution in [-0.2, 0) is 10.0 Å². The van der Waals surface area contributed by atoms with E-state index in [-0.39, 0.29) is 18.0 Å². The Morgan fingerprint density at radius 3 is 2.57 bits per heavy atom. The van der Waals surface area contributed by atoms with E-state index in [2.05, 4.69) is 32.5 Å². The summed E-state index contributed by atoms with van der Waals surface area (Å²) in [5.41, 5.74) is 0. The maximum Gasteiger partial charge on any atom is 0.241 e. The zero-order valence-electron chi connectivity index (χ0n) is 11.9. The monoisotopic (exact) mass is 413 g/mol. The molecule has 2 aromatic rings. The average Bonchev–Trinajstić information content (AvgIpc) is 2.51. The molecule has 0 atom stereocenters. The molecule has 0 saturated heterocycles. The van der Waals surface area contributed by atoms with Gasteiger partial charge in [0.15, 0.2) is 0 Å². The lowest BCUT2D eigenvalue weighted by Crippen LogP contribution is -2.24. The van der Waals surface area contributed by atoms with E-state index >= 15 is 0 Å². The number of hydrogen-bond acceptors (Lipinski definition) is 3. The third-order valence-corrected chi connectivity index (χ3v) is 4.87. The molecule has 0 aromatic heterocycles. The molecular formula is C16H13BrClNO3S. The van der Waals surface area contributed by atoms with Crippen molar-refractivity contribution < 1.29 is 13.2 Å². The Bertz CT molecular complexity index is 826. The molecule has 2 rings (SSSR count). The minimum Gasteiger partial charge on any atom is -0.481 e. The van der Waals surface area contributed by atoms with E-state index in [1.54, 1.807) is 0 Å². The van der Waals surface area contributed by atoms with Gasteiger partial charge < -0.3 is 4.74 Å². The van der Waals surface area contributed by atoms with E-state index in [9.17, 15) is 8.42 Å². The van der Waals surface area contributed by atoms with Crippen molar-refractivity contribution in [3.63, 3.8) is 0 Å². The van der Waals surface area contributed by atoms with Gasteiger partial charge >= 0.3 is 0 Å². The minimum absolute atomic E-state index is 0.00675. The van der Waals surface area contributed by atoms with Gasteiger partial charge in [-0.3, -0.25) is 0 Å². The van der Waals surface area contributed by atoms with Gasteiger partial charge in [0.2, 0.25) is 10.0 Å². The summed E-state index contributed by atoms with van der Waals surface area (Å²) in [5, 5.41) is 0.480. The molecule has 0 amide bonds. The molecule has 0 radical (unpaired) electrons. The second-order valence-electron chi connectivity index (χ2n) is 4.38. The lowest BCUT2D eigenvalue weighted by Gasteiger charge is -2.03. The molecule has 7 heteroatoms. The molecule has 0 aliphatic heterocycles. The standard InChI is InChI=1S/C16H13BrClNO3S/c17-13-4-3-5-15(12-13)22-11-2-1-10-19-23(20,21)16-8-6-14(18)7-9-16/h3-9,12,19H,10-11H2. The molecule has 4 nitrogen and oxygen atoms in total. The van der Waals surface area contributed by atoms with Gasteiger partial charge in [-0.1, -0.05) is 45.4 Å². The molecule has 0 bridgehead atoms. The highest BCUT2D eigenvalue weighted by molar-refractivity contribution is 9.10. The molecule has 0 fully saturated rings. The molecule has 0 heterocycles. The number of ether oxygens (including phenoxy) is 1. The van der Waals surface area contributed by atoms with Gasteiger partial charge in [-0.05, 0) is 42.5 Å². The topological polar surface area (TPSA) is 55.4 Å². The van der Waals surface area contributed by atoms with E-state index in [0.29, 0.717) is 10.8 Å². The highest BCUT2D eigenvalue weighted by Gasteiger charge is 2.11. The van der Waals surface area contributed by atoms with Crippen LogP contribution < -0.4 is 9.46 Å². The number of sulfonamides is 1. The first-order valence-electron chi connectivity index (χ1n) is 6.57. The summed E-state index contributed by atoms with van der Waals surface area (Å²) in [5.74, 6) is 6.15. The first-order valence-corrected chi connectivity index (χ1v) is 9.22. The molecule has 0 saturated carbocycles. The van der Waals surface area contributed by atoms with Gasteiger partial charge in [-0.15, -0.1) is 0 Å². The third kappa shape index (κ3) is 5.88. The molecule has 120 valence electrons. The minimum atomic E-state index is -3.58. The van der Waals surface area contributed by atoms with E-state index in [1.807, 2.05) is 24.3 Å². The van der Waals surface area contributed by atoms with Gasteiger partial charge in [0.1, 0.15) is 12.4 Å². The van der Waals surface area contributed by atoms with E-state index in [4.69, 9.17) is 16.3 Å². The third-order valence-electron chi connectivity index (χ3n) is 2.71. The summed E-state index contributed by atoms with van der Waals surface area (Å²) in [4.78, 5) is 0.147. The molecule has 0 unspecified atom stereocenters. The number of hydrogen-bond donors (Lipinski definition) is 1. The van der Waals surface area contributed by atoms with Crippen LogP contribution in [-0.4, -0.2) is 21.6 Å². The molecule has 1 N–H and O–H groups in total. The first-order chi connectivity index (χ1) is 11.0. The normalized spacial score (nSPS) is 10.7. The van der Waals surface area contributed by atoms with Gasteiger partial charge in [0, 0.05) is 9.50 Å². The van der Waals surface area contributed by atoms with Crippen molar-refractivity contribution in [2.45, 2.75) is 4.90 Å². The molecule has 0 aliphatic carbocycles. The van der Waals surface area contributed by atoms with Crippen LogP contribution in [0.5, 0.6) is 5.75 Å². The molecule has 2 aromatic carbocycles. The van der Waals surface area contributed by atoms with Crippen molar-refractivity contribution in [1.82, 2.24) is 4.72 Å². The molecule has 0 aliphatic rings. The Kier molecular flexibility index (Phi) is 6.48. The summed E-state index contributed by atoms with van der Waals surface area (Å²) in [7, 11) is -3.58. The molecule has 0 spiro atoms. The number of rotatable bonds is 5. The number of nitrogens with one attached hydrogen (secondary N) is 1. The summed E-state index contributed by atoms with van der Waals surface area (Å²) in [6, 6.07) is 13.3. The van der Waals surface area contributed by atoms with Gasteiger partial charge in [-0.25, -0.2) is 8.42 Å². The predicted molar refractivity (Wildman–Crippen MR) is 94.1 cm³/mol. The second kappa shape index (κ2) is 8.37. The maximum atomic E-state index is 12.0. The van der Waals surface area contributed by atoms with E-state index in [1.165, 1.54) is 24.3 Å². The van der Waals surface area contributed by atoms with Crippen molar-refractivity contribution in [1.29, 1.82) is 0 Å². The number of halogens is 2. The highest BCUT2D eigenvalue weighted by Crippen LogP contribution is 2.17. The van der Waals surface area contributed by atoms with Crippen molar-refractivity contribution in [2.24, 2.45) is 0 Å². The summed E-state index contributed by atoms with van der Waals surface area (Å²) in [6.07, 6.45) is 0. The van der Waals surface area contributed by atoms with Crippen LogP contribution in [0.1, 0.15) is 0 Å². The average molecular weight is 415 g/mol. The van der Waals surface area contributed by atoms with Crippen molar-refractivity contribution in [2.75, 3.05) is 13.2 Å². The maximum absolute atomic E-state index is 12.0. The smallest absolute Gasteiger partial charge is 0.241 e. The quantitative estimate of drug-likeness (QED) is 0.762. The fourth-order valence-corrected chi connectivity index (χ4v) is 3.05. The fraction of sp³-hybridized carbons (Fsp3) is 0.125. The fourth-order valence-electron chi connectivity index (χ4n) is 1.62. The Balaban J connectivity index is 1.82. The van der Waals surface area contributed by atoms with Crippen LogP contribution in [0.25, 0.3) is 0 Å². The van der Waals surface area contributed by atoms with Crippen molar-refractivity contribution in [3.8, 4) is 17.6 Å². The lowest BCUT2D eigenvalue weighted by molar-refractivity contribution is 0.370. The summed E-state index contributed by atoms with van der Waals surface area (Å²) < 4.78 is 32.7. The number of benzene rings is 2. The van der Waals surface area contributed by atoms with Crippen LogP contribution in [0, 0.1) is 11.8 Å². The first kappa shape index (κ1) is 17.8. The van der Waals surface area contributed by atoms with Gasteiger partial charge in [-0.2, -0.15) is 4.72 Å². The summed E-state index contributed by atoms with van der Waals surface area (Å²) in [6.45, 7) is 0.186. The molecular weight excluding hydrogens is 402 g/mol. The highest BCUT2D eigenvalue weighted by atomic mass is 79.9. The van der Waals surface area contributed by atoms with E-state index < -0.39 is 10.0 Å². The zero-order valence-corrected chi connectivity index (χ0v) is 15.1. The van der Waals surface area contributed by atoms with Crippen molar-refractivity contribution >= 4 is 37.6 Å². The van der Waals surface area contributed by atoms with Crippen LogP contribution in [0.2, 0.25) is 5.02 Å². The van der Waals surface area contributed by atoms with Crippen LogP contribution >= 0.6 is 27.5 Å². The Labute approximate surface area is 149 Å². The molecule has 23 heavy (non-hydrogen) atoms. The Morgan fingerprint density at radius 2 is 1.87 bits per heavy atom.